The maximum absolute atomic E-state index is 13.3. The highest BCUT2D eigenvalue weighted by Gasteiger charge is 2.39. The molecule has 1 fully saturated rings. The minimum atomic E-state index is -3.60. The van der Waals surface area contributed by atoms with E-state index in [4.69, 9.17) is 4.74 Å². The third-order valence-corrected chi connectivity index (χ3v) is 8.96. The molecule has 32 heavy (non-hydrogen) atoms. The zero-order valence-corrected chi connectivity index (χ0v) is 19.9. The summed E-state index contributed by atoms with van der Waals surface area (Å²) in [5, 5.41) is 3.16. The molecule has 1 saturated heterocycles. The van der Waals surface area contributed by atoms with E-state index in [1.54, 1.807) is 19.1 Å². The van der Waals surface area contributed by atoms with E-state index < -0.39 is 10.0 Å². The number of carbonyl (C=O) groups excluding carboxylic acids is 1. The topological polar surface area (TPSA) is 75.7 Å². The fourth-order valence-corrected chi connectivity index (χ4v) is 6.53. The van der Waals surface area contributed by atoms with E-state index in [1.807, 2.05) is 24.3 Å². The van der Waals surface area contributed by atoms with Crippen molar-refractivity contribution in [3.63, 3.8) is 0 Å². The van der Waals surface area contributed by atoms with Crippen LogP contribution in [0.1, 0.15) is 73.5 Å². The second-order valence-corrected chi connectivity index (χ2v) is 10.8. The van der Waals surface area contributed by atoms with Crippen molar-refractivity contribution in [3.05, 3.63) is 59.2 Å². The number of para-hydroxylation sites is 1. The third kappa shape index (κ3) is 4.16. The maximum Gasteiger partial charge on any atom is 0.251 e. The summed E-state index contributed by atoms with van der Waals surface area (Å²) in [7, 11) is -3.60. The van der Waals surface area contributed by atoms with Crippen molar-refractivity contribution in [3.8, 4) is 5.75 Å². The van der Waals surface area contributed by atoms with Gasteiger partial charge in [-0.2, -0.15) is 4.31 Å². The average molecular weight is 457 g/mol. The summed E-state index contributed by atoms with van der Waals surface area (Å²) < 4.78 is 34.1. The molecule has 2 aliphatic heterocycles. The normalized spacial score (nSPS) is 20.4. The smallest absolute Gasteiger partial charge is 0.251 e. The Hall–Kier alpha value is -2.38. The van der Waals surface area contributed by atoms with E-state index in [1.165, 1.54) is 10.4 Å². The molecular formula is C25H32N2O4S. The van der Waals surface area contributed by atoms with E-state index in [0.717, 1.165) is 37.0 Å². The van der Waals surface area contributed by atoms with Crippen LogP contribution in [0.15, 0.2) is 47.4 Å². The van der Waals surface area contributed by atoms with Gasteiger partial charge in [-0.3, -0.25) is 4.79 Å². The minimum Gasteiger partial charge on any atom is -0.487 e. The molecular weight excluding hydrogens is 424 g/mol. The number of amides is 1. The monoisotopic (exact) mass is 456 g/mol. The summed E-state index contributed by atoms with van der Waals surface area (Å²) in [6.45, 7) is 7.05. The van der Waals surface area contributed by atoms with Crippen molar-refractivity contribution >= 4 is 15.9 Å². The van der Waals surface area contributed by atoms with Gasteiger partial charge < -0.3 is 10.1 Å². The third-order valence-electron chi connectivity index (χ3n) is 6.92. The Kier molecular flexibility index (Phi) is 6.32. The van der Waals surface area contributed by atoms with Gasteiger partial charge in [-0.15, -0.1) is 0 Å². The SMILES string of the molecule is CCC1(CC)C[C@@H](NC(=O)c2ccc(C)c(S(=O)(=O)N3CCCC3)c2)c2ccccc2O1. The predicted octanol–water partition coefficient (Wildman–Crippen LogP) is 4.59. The molecule has 0 unspecified atom stereocenters. The average Bonchev–Trinajstić information content (AvgIpc) is 3.35. The fraction of sp³-hybridized carbons (Fsp3) is 0.480. The number of nitrogens with one attached hydrogen (secondary N) is 1. The van der Waals surface area contributed by atoms with Crippen LogP contribution in [0.25, 0.3) is 0 Å². The highest BCUT2D eigenvalue weighted by atomic mass is 32.2. The molecule has 0 aromatic heterocycles. The van der Waals surface area contributed by atoms with Crippen LogP contribution in [0.2, 0.25) is 0 Å². The highest BCUT2D eigenvalue weighted by molar-refractivity contribution is 7.89. The van der Waals surface area contributed by atoms with Gasteiger partial charge in [0.1, 0.15) is 11.4 Å². The van der Waals surface area contributed by atoms with Crippen molar-refractivity contribution in [1.82, 2.24) is 9.62 Å². The van der Waals surface area contributed by atoms with Crippen LogP contribution in [0.5, 0.6) is 5.75 Å². The van der Waals surface area contributed by atoms with Gasteiger partial charge in [0.25, 0.3) is 5.91 Å². The van der Waals surface area contributed by atoms with Crippen LogP contribution in [0, 0.1) is 6.92 Å². The number of nitrogens with zero attached hydrogens (tertiary/aromatic N) is 1. The molecule has 2 heterocycles. The Morgan fingerprint density at radius 1 is 1.12 bits per heavy atom. The Balaban J connectivity index is 1.63. The number of rotatable bonds is 6. The molecule has 0 spiro atoms. The first-order chi connectivity index (χ1) is 15.3. The van der Waals surface area contributed by atoms with Crippen LogP contribution in [-0.4, -0.2) is 37.3 Å². The molecule has 0 bridgehead atoms. The molecule has 1 atom stereocenters. The van der Waals surface area contributed by atoms with E-state index in [9.17, 15) is 13.2 Å². The van der Waals surface area contributed by atoms with E-state index in [-0.39, 0.29) is 22.4 Å². The minimum absolute atomic E-state index is 0.202. The van der Waals surface area contributed by atoms with Crippen molar-refractivity contribution in [1.29, 1.82) is 0 Å². The summed E-state index contributed by atoms with van der Waals surface area (Å²) in [6.07, 6.45) is 4.10. The van der Waals surface area contributed by atoms with Crippen molar-refractivity contribution < 1.29 is 17.9 Å². The van der Waals surface area contributed by atoms with Crippen LogP contribution >= 0.6 is 0 Å². The highest BCUT2D eigenvalue weighted by Crippen LogP contribution is 2.42. The maximum atomic E-state index is 13.3. The largest absolute Gasteiger partial charge is 0.487 e. The number of carbonyl (C=O) groups is 1. The zero-order valence-electron chi connectivity index (χ0n) is 19.1. The standard InChI is InChI=1S/C25H32N2O4S/c1-4-25(5-2)17-21(20-10-6-7-11-22(20)31-25)26-24(28)19-13-12-18(3)23(16-19)32(29,30)27-14-8-9-15-27/h6-7,10-13,16,21H,4-5,8-9,14-15,17H2,1-3H3,(H,26,28)/t21-/m1/s1. The molecule has 7 heteroatoms. The van der Waals surface area contributed by atoms with Crippen molar-refractivity contribution in [2.24, 2.45) is 0 Å². The number of aryl methyl sites for hydroxylation is 1. The lowest BCUT2D eigenvalue weighted by Crippen LogP contribution is -2.44. The second kappa shape index (κ2) is 8.87. The molecule has 2 aromatic rings. The summed E-state index contributed by atoms with van der Waals surface area (Å²) in [4.78, 5) is 13.5. The number of sulfonamides is 1. The molecule has 6 nitrogen and oxygen atoms in total. The van der Waals surface area contributed by atoms with Gasteiger partial charge >= 0.3 is 0 Å². The lowest BCUT2D eigenvalue weighted by Gasteiger charge is -2.41. The van der Waals surface area contributed by atoms with Gasteiger partial charge in [0, 0.05) is 30.6 Å². The Morgan fingerprint density at radius 3 is 2.50 bits per heavy atom. The van der Waals surface area contributed by atoms with E-state index >= 15 is 0 Å². The summed E-state index contributed by atoms with van der Waals surface area (Å²) in [5.41, 5.74) is 1.64. The van der Waals surface area contributed by atoms with Crippen molar-refractivity contribution in [2.45, 2.75) is 69.4 Å². The Labute approximate surface area is 191 Å². The number of fused-ring (bicyclic) bond motifs is 1. The predicted molar refractivity (Wildman–Crippen MR) is 124 cm³/mol. The van der Waals surface area contributed by atoms with Crippen LogP contribution < -0.4 is 10.1 Å². The molecule has 0 aliphatic carbocycles. The molecule has 0 saturated carbocycles. The summed E-state index contributed by atoms with van der Waals surface area (Å²) in [6, 6.07) is 12.6. The first-order valence-corrected chi connectivity index (χ1v) is 12.9. The fourth-order valence-electron chi connectivity index (χ4n) is 4.76. The van der Waals surface area contributed by atoms with Crippen LogP contribution in [0.4, 0.5) is 0 Å². The molecule has 2 aromatic carbocycles. The first-order valence-electron chi connectivity index (χ1n) is 11.5. The van der Waals surface area contributed by atoms with E-state index in [2.05, 4.69) is 19.2 Å². The van der Waals surface area contributed by atoms with Gasteiger partial charge in [-0.1, -0.05) is 38.1 Å². The van der Waals surface area contributed by atoms with Crippen LogP contribution in [0.3, 0.4) is 0 Å². The Morgan fingerprint density at radius 2 is 1.81 bits per heavy atom. The number of benzene rings is 2. The molecule has 2 aliphatic rings. The van der Waals surface area contributed by atoms with Gasteiger partial charge in [0.05, 0.1) is 10.9 Å². The molecule has 172 valence electrons. The number of hydrogen-bond acceptors (Lipinski definition) is 4. The number of hydrogen-bond donors (Lipinski definition) is 1. The van der Waals surface area contributed by atoms with Crippen molar-refractivity contribution in [2.75, 3.05) is 13.1 Å². The quantitative estimate of drug-likeness (QED) is 0.690. The second-order valence-electron chi connectivity index (χ2n) is 8.85. The van der Waals surface area contributed by atoms with Gasteiger partial charge in [-0.05, 0) is 56.4 Å². The molecule has 0 radical (unpaired) electrons. The Bertz CT molecular complexity index is 1100. The summed E-state index contributed by atoms with van der Waals surface area (Å²) >= 11 is 0. The summed E-state index contributed by atoms with van der Waals surface area (Å²) in [5.74, 6) is 0.527. The van der Waals surface area contributed by atoms with Gasteiger partial charge in [0.15, 0.2) is 0 Å². The zero-order chi connectivity index (χ0) is 22.9. The molecule has 1 amide bonds. The van der Waals surface area contributed by atoms with Gasteiger partial charge in [-0.25, -0.2) is 8.42 Å². The van der Waals surface area contributed by atoms with Gasteiger partial charge in [0.2, 0.25) is 10.0 Å². The molecule has 4 rings (SSSR count). The number of ether oxygens (including phenoxy) is 1. The first kappa shape index (κ1) is 22.8. The lowest BCUT2D eigenvalue weighted by molar-refractivity contribution is 0.0227. The molecule has 1 N–H and O–H groups in total. The van der Waals surface area contributed by atoms with Crippen LogP contribution in [-0.2, 0) is 10.0 Å². The van der Waals surface area contributed by atoms with E-state index in [0.29, 0.717) is 30.6 Å². The lowest BCUT2D eigenvalue weighted by atomic mass is 9.83.